The normalized spacial score (nSPS) is 16.2. The second kappa shape index (κ2) is 3.15. The van der Waals surface area contributed by atoms with Gasteiger partial charge in [-0.2, -0.15) is 4.13 Å². The van der Waals surface area contributed by atoms with Crippen LogP contribution < -0.4 is 4.13 Å². The standard InChI is InChI=1S/C7H5NS3/c9-7-5-3-1-2-4-6(5)10-8-11-7/h1-4,8H. The lowest BCUT2D eigenvalue weighted by molar-refractivity contribution is 1.42. The first-order valence-electron chi connectivity index (χ1n) is 3.10. The lowest BCUT2D eigenvalue weighted by Gasteiger charge is -2.14. The van der Waals surface area contributed by atoms with Crippen molar-refractivity contribution in [3.63, 3.8) is 0 Å². The summed E-state index contributed by atoms with van der Waals surface area (Å²) in [6, 6.07) is 8.15. The molecule has 11 heavy (non-hydrogen) atoms. The fourth-order valence-electron chi connectivity index (χ4n) is 0.883. The van der Waals surface area contributed by atoms with Crippen molar-refractivity contribution in [3.05, 3.63) is 29.8 Å². The van der Waals surface area contributed by atoms with E-state index >= 15 is 0 Å². The molecule has 0 fully saturated rings. The summed E-state index contributed by atoms with van der Waals surface area (Å²) < 4.78 is 4.01. The SMILES string of the molecule is S=C1SNSc2ccccc21. The fourth-order valence-corrected chi connectivity index (χ4v) is 3.04. The summed E-state index contributed by atoms with van der Waals surface area (Å²) in [5.74, 6) is 0. The molecular weight excluding hydrogens is 194 g/mol. The van der Waals surface area contributed by atoms with Gasteiger partial charge in [0, 0.05) is 10.5 Å². The molecule has 0 saturated carbocycles. The highest BCUT2D eigenvalue weighted by Crippen LogP contribution is 2.30. The van der Waals surface area contributed by atoms with Crippen LogP contribution in [0.25, 0.3) is 0 Å². The molecule has 56 valence electrons. The summed E-state index contributed by atoms with van der Waals surface area (Å²) in [6.07, 6.45) is 0. The van der Waals surface area contributed by atoms with Crippen LogP contribution in [-0.4, -0.2) is 4.20 Å². The van der Waals surface area contributed by atoms with Gasteiger partial charge in [0.25, 0.3) is 0 Å². The van der Waals surface area contributed by atoms with Crippen LogP contribution in [0, 0.1) is 0 Å². The summed E-state index contributed by atoms with van der Waals surface area (Å²) in [5.41, 5.74) is 1.18. The van der Waals surface area contributed by atoms with E-state index < -0.39 is 0 Å². The molecule has 0 aromatic heterocycles. The van der Waals surface area contributed by atoms with E-state index in [1.54, 1.807) is 11.9 Å². The van der Waals surface area contributed by atoms with Crippen molar-refractivity contribution in [1.82, 2.24) is 4.13 Å². The Morgan fingerprint density at radius 3 is 2.82 bits per heavy atom. The highest BCUT2D eigenvalue weighted by atomic mass is 32.2. The van der Waals surface area contributed by atoms with Crippen molar-refractivity contribution in [1.29, 1.82) is 0 Å². The summed E-state index contributed by atoms with van der Waals surface area (Å²) in [7, 11) is 0. The van der Waals surface area contributed by atoms with E-state index in [-0.39, 0.29) is 0 Å². The Balaban J connectivity index is 2.52. The molecule has 0 spiro atoms. The quantitative estimate of drug-likeness (QED) is 0.509. The minimum atomic E-state index is 0.930. The largest absolute Gasteiger partial charge is 0.199 e. The second-order valence-corrected chi connectivity index (χ2v) is 4.66. The van der Waals surface area contributed by atoms with Gasteiger partial charge in [-0.05, 0) is 30.0 Å². The zero-order valence-corrected chi connectivity index (χ0v) is 7.98. The number of rotatable bonds is 0. The van der Waals surface area contributed by atoms with Crippen molar-refractivity contribution in [2.24, 2.45) is 0 Å². The average Bonchev–Trinajstić information content (AvgIpc) is 2.06. The third kappa shape index (κ3) is 1.44. The Morgan fingerprint density at radius 1 is 1.18 bits per heavy atom. The van der Waals surface area contributed by atoms with Crippen molar-refractivity contribution < 1.29 is 0 Å². The Kier molecular flexibility index (Phi) is 2.18. The lowest BCUT2D eigenvalue weighted by Crippen LogP contribution is -2.07. The molecule has 0 radical (unpaired) electrons. The van der Waals surface area contributed by atoms with E-state index in [1.807, 2.05) is 12.1 Å². The van der Waals surface area contributed by atoms with Crippen LogP contribution in [-0.2, 0) is 0 Å². The Bertz CT molecular complexity index is 297. The van der Waals surface area contributed by atoms with E-state index in [0.29, 0.717) is 0 Å². The molecule has 1 aliphatic heterocycles. The number of thiocarbonyl (C=S) groups is 1. The van der Waals surface area contributed by atoms with Gasteiger partial charge in [-0.1, -0.05) is 30.4 Å². The first-order valence-corrected chi connectivity index (χ1v) is 5.14. The predicted molar refractivity (Wildman–Crippen MR) is 54.7 cm³/mol. The molecular formula is C7H5NS3. The van der Waals surface area contributed by atoms with E-state index in [1.165, 1.54) is 22.4 Å². The maximum Gasteiger partial charge on any atom is 0.0950 e. The minimum Gasteiger partial charge on any atom is -0.199 e. The molecule has 1 aromatic rings. The topological polar surface area (TPSA) is 12.0 Å². The zero-order chi connectivity index (χ0) is 7.68. The van der Waals surface area contributed by atoms with E-state index in [9.17, 15) is 0 Å². The minimum absolute atomic E-state index is 0.930. The molecule has 0 aliphatic carbocycles. The molecule has 4 heteroatoms. The van der Waals surface area contributed by atoms with E-state index in [4.69, 9.17) is 12.2 Å². The number of fused-ring (bicyclic) bond motifs is 1. The van der Waals surface area contributed by atoms with Crippen molar-refractivity contribution in [3.8, 4) is 0 Å². The molecule has 0 bridgehead atoms. The van der Waals surface area contributed by atoms with Gasteiger partial charge < -0.3 is 0 Å². The van der Waals surface area contributed by atoms with Gasteiger partial charge >= 0.3 is 0 Å². The lowest BCUT2D eigenvalue weighted by atomic mass is 10.2. The van der Waals surface area contributed by atoms with E-state index in [0.717, 1.165) is 4.20 Å². The molecule has 0 unspecified atom stereocenters. The molecule has 0 amide bonds. The van der Waals surface area contributed by atoms with Crippen LogP contribution in [0.1, 0.15) is 5.56 Å². The van der Waals surface area contributed by atoms with Gasteiger partial charge in [0.05, 0.1) is 4.20 Å². The molecule has 1 heterocycles. The average molecular weight is 199 g/mol. The Hall–Kier alpha value is -0.0300. The number of hydrogen-bond acceptors (Lipinski definition) is 4. The highest BCUT2D eigenvalue weighted by molar-refractivity contribution is 8.28. The van der Waals surface area contributed by atoms with Gasteiger partial charge in [0.2, 0.25) is 0 Å². The summed E-state index contributed by atoms with van der Waals surface area (Å²) in [4.78, 5) is 1.22. The zero-order valence-electron chi connectivity index (χ0n) is 5.53. The van der Waals surface area contributed by atoms with Crippen LogP contribution >= 0.6 is 36.1 Å². The van der Waals surface area contributed by atoms with Crippen LogP contribution in [0.5, 0.6) is 0 Å². The summed E-state index contributed by atoms with van der Waals surface area (Å²) in [5, 5.41) is 0. The van der Waals surface area contributed by atoms with Gasteiger partial charge in [0.15, 0.2) is 0 Å². The van der Waals surface area contributed by atoms with Crippen LogP contribution in [0.4, 0.5) is 0 Å². The smallest absolute Gasteiger partial charge is 0.0950 e. The fraction of sp³-hybridized carbons (Fsp3) is 0. The van der Waals surface area contributed by atoms with Crippen molar-refractivity contribution in [2.45, 2.75) is 4.90 Å². The van der Waals surface area contributed by atoms with Gasteiger partial charge in [-0.3, -0.25) is 0 Å². The van der Waals surface area contributed by atoms with Gasteiger partial charge in [-0.15, -0.1) is 0 Å². The Labute approximate surface area is 79.2 Å². The maximum atomic E-state index is 5.15. The van der Waals surface area contributed by atoms with E-state index in [2.05, 4.69) is 16.3 Å². The van der Waals surface area contributed by atoms with Crippen LogP contribution in [0.2, 0.25) is 0 Å². The molecule has 1 aliphatic rings. The predicted octanol–water partition coefficient (Wildman–Crippen LogP) is 2.62. The third-order valence-electron chi connectivity index (χ3n) is 1.39. The third-order valence-corrected chi connectivity index (χ3v) is 3.51. The highest BCUT2D eigenvalue weighted by Gasteiger charge is 2.13. The number of benzene rings is 1. The number of hydrogen-bond donors (Lipinski definition) is 1. The summed E-state index contributed by atoms with van der Waals surface area (Å²) >= 11 is 8.27. The first-order chi connectivity index (χ1) is 5.38. The first kappa shape index (κ1) is 7.61. The van der Waals surface area contributed by atoms with Crippen LogP contribution in [0.3, 0.4) is 0 Å². The molecule has 2 rings (SSSR count). The molecule has 0 atom stereocenters. The molecule has 1 N–H and O–H groups in total. The van der Waals surface area contributed by atoms with Gasteiger partial charge in [0.1, 0.15) is 0 Å². The number of nitrogens with one attached hydrogen (secondary N) is 1. The molecule has 0 saturated heterocycles. The summed E-state index contributed by atoms with van der Waals surface area (Å²) in [6.45, 7) is 0. The Morgan fingerprint density at radius 2 is 2.00 bits per heavy atom. The monoisotopic (exact) mass is 199 g/mol. The van der Waals surface area contributed by atoms with Gasteiger partial charge in [-0.25, -0.2) is 0 Å². The molecule has 1 nitrogen and oxygen atoms in total. The van der Waals surface area contributed by atoms with Crippen molar-refractivity contribution >= 4 is 40.3 Å². The van der Waals surface area contributed by atoms with Crippen LogP contribution in [0.15, 0.2) is 29.2 Å². The maximum absolute atomic E-state index is 5.15. The molecule has 1 aromatic carbocycles. The second-order valence-electron chi connectivity index (χ2n) is 2.07. The van der Waals surface area contributed by atoms with Crippen molar-refractivity contribution in [2.75, 3.05) is 0 Å².